The van der Waals surface area contributed by atoms with E-state index < -0.39 is 11.7 Å². The van der Waals surface area contributed by atoms with Crippen LogP contribution in [0.15, 0.2) is 18.2 Å². The van der Waals surface area contributed by atoms with E-state index in [0.29, 0.717) is 6.42 Å². The average Bonchev–Trinajstić information content (AvgIpc) is 2.56. The van der Waals surface area contributed by atoms with Crippen molar-refractivity contribution in [2.45, 2.75) is 31.0 Å². The standard InChI is InChI=1S/C11H12O2/c12-9-6-11(13)5-4-7-2-1-3-8(9)10(7)11/h1-3,9,12-13H,4-6H2. The second-order valence-electron chi connectivity index (χ2n) is 4.13. The predicted molar refractivity (Wildman–Crippen MR) is 48.2 cm³/mol. The van der Waals surface area contributed by atoms with Crippen LogP contribution >= 0.6 is 0 Å². The molecule has 1 aromatic carbocycles. The SMILES string of the molecule is OC1CC2(O)CCc3cccc1c32. The van der Waals surface area contributed by atoms with Gasteiger partial charge in [-0.1, -0.05) is 18.2 Å². The minimum Gasteiger partial charge on any atom is -0.388 e. The molecular formula is C11H12O2. The minimum atomic E-state index is -0.717. The van der Waals surface area contributed by atoms with Crippen molar-refractivity contribution in [1.29, 1.82) is 0 Å². The van der Waals surface area contributed by atoms with Gasteiger partial charge in [0.15, 0.2) is 0 Å². The van der Waals surface area contributed by atoms with Gasteiger partial charge in [0.1, 0.15) is 0 Å². The summed E-state index contributed by atoms with van der Waals surface area (Å²) in [5, 5.41) is 19.9. The van der Waals surface area contributed by atoms with Crippen LogP contribution in [-0.2, 0) is 12.0 Å². The van der Waals surface area contributed by atoms with Crippen LogP contribution in [0.3, 0.4) is 0 Å². The molecule has 0 amide bonds. The highest BCUT2D eigenvalue weighted by Crippen LogP contribution is 2.51. The molecule has 0 aliphatic heterocycles. The van der Waals surface area contributed by atoms with Gasteiger partial charge in [0, 0.05) is 6.42 Å². The highest BCUT2D eigenvalue weighted by molar-refractivity contribution is 5.48. The van der Waals surface area contributed by atoms with Gasteiger partial charge in [-0.15, -0.1) is 0 Å². The number of rotatable bonds is 0. The molecule has 0 spiro atoms. The summed E-state index contributed by atoms with van der Waals surface area (Å²) in [6.07, 6.45) is 1.75. The summed E-state index contributed by atoms with van der Waals surface area (Å²) in [4.78, 5) is 0. The van der Waals surface area contributed by atoms with E-state index in [9.17, 15) is 10.2 Å². The molecule has 2 N–H and O–H groups in total. The summed E-state index contributed by atoms with van der Waals surface area (Å²) in [5.41, 5.74) is 2.46. The Morgan fingerprint density at radius 2 is 2.23 bits per heavy atom. The largest absolute Gasteiger partial charge is 0.388 e. The summed E-state index contributed by atoms with van der Waals surface area (Å²) in [6.45, 7) is 0. The molecule has 0 aromatic heterocycles. The zero-order valence-corrected chi connectivity index (χ0v) is 7.33. The lowest BCUT2D eigenvalue weighted by Gasteiger charge is -2.17. The van der Waals surface area contributed by atoms with Gasteiger partial charge in [0.2, 0.25) is 0 Å². The Bertz CT molecular complexity index is 372. The fourth-order valence-electron chi connectivity index (χ4n) is 2.77. The summed E-state index contributed by atoms with van der Waals surface area (Å²) >= 11 is 0. The number of aliphatic hydroxyl groups excluding tert-OH is 1. The molecule has 0 heterocycles. The van der Waals surface area contributed by atoms with Crippen molar-refractivity contribution in [2.24, 2.45) is 0 Å². The first kappa shape index (κ1) is 7.54. The molecule has 3 rings (SSSR count). The first-order valence-corrected chi connectivity index (χ1v) is 4.73. The van der Waals surface area contributed by atoms with Gasteiger partial charge in [-0.05, 0) is 29.5 Å². The summed E-state index contributed by atoms with van der Waals surface area (Å²) < 4.78 is 0. The van der Waals surface area contributed by atoms with Crippen molar-refractivity contribution in [3.8, 4) is 0 Å². The van der Waals surface area contributed by atoms with Crippen molar-refractivity contribution in [1.82, 2.24) is 0 Å². The van der Waals surface area contributed by atoms with Gasteiger partial charge in [0.05, 0.1) is 11.7 Å². The van der Waals surface area contributed by atoms with E-state index >= 15 is 0 Å². The number of hydrogen-bond acceptors (Lipinski definition) is 2. The first-order valence-electron chi connectivity index (χ1n) is 4.73. The Hall–Kier alpha value is -0.860. The predicted octanol–water partition coefficient (Wildman–Crippen LogP) is 1.26. The van der Waals surface area contributed by atoms with E-state index in [1.165, 1.54) is 5.56 Å². The Balaban J connectivity index is 2.32. The Morgan fingerprint density at radius 3 is 3.08 bits per heavy atom. The maximum absolute atomic E-state index is 10.2. The second-order valence-corrected chi connectivity index (χ2v) is 4.13. The van der Waals surface area contributed by atoms with E-state index in [4.69, 9.17) is 0 Å². The van der Waals surface area contributed by atoms with Gasteiger partial charge >= 0.3 is 0 Å². The minimum absolute atomic E-state index is 0.458. The smallest absolute Gasteiger partial charge is 0.0934 e. The monoisotopic (exact) mass is 176 g/mol. The molecule has 1 aromatic rings. The molecule has 2 aliphatic carbocycles. The van der Waals surface area contributed by atoms with Gasteiger partial charge in [-0.3, -0.25) is 0 Å². The molecule has 13 heavy (non-hydrogen) atoms. The lowest BCUT2D eigenvalue weighted by molar-refractivity contribution is 0.00685. The van der Waals surface area contributed by atoms with E-state index in [1.54, 1.807) is 0 Å². The fraction of sp³-hybridized carbons (Fsp3) is 0.455. The van der Waals surface area contributed by atoms with Gasteiger partial charge in [-0.25, -0.2) is 0 Å². The molecule has 2 aliphatic rings. The third-order valence-corrected chi connectivity index (χ3v) is 3.35. The zero-order chi connectivity index (χ0) is 9.05. The molecule has 0 saturated heterocycles. The molecule has 68 valence electrons. The molecular weight excluding hydrogens is 164 g/mol. The van der Waals surface area contributed by atoms with Crippen LogP contribution in [0, 0.1) is 0 Å². The van der Waals surface area contributed by atoms with E-state index in [0.717, 1.165) is 24.0 Å². The normalized spacial score (nSPS) is 35.1. The fourth-order valence-corrected chi connectivity index (χ4v) is 2.77. The summed E-state index contributed by atoms with van der Waals surface area (Å²) in [6, 6.07) is 5.94. The molecule has 2 heteroatoms. The maximum Gasteiger partial charge on any atom is 0.0934 e. The number of hydrogen-bond donors (Lipinski definition) is 2. The maximum atomic E-state index is 10.2. The van der Waals surface area contributed by atoms with Gasteiger partial charge in [-0.2, -0.15) is 0 Å². The Morgan fingerprint density at radius 1 is 1.38 bits per heavy atom. The molecule has 2 atom stereocenters. The van der Waals surface area contributed by atoms with Crippen molar-refractivity contribution >= 4 is 0 Å². The Labute approximate surface area is 76.8 Å². The molecule has 0 bridgehead atoms. The molecule has 2 unspecified atom stereocenters. The molecule has 0 radical (unpaired) electrons. The molecule has 0 saturated carbocycles. The van der Waals surface area contributed by atoms with Crippen LogP contribution in [-0.4, -0.2) is 10.2 Å². The van der Waals surface area contributed by atoms with Crippen molar-refractivity contribution in [3.63, 3.8) is 0 Å². The highest BCUT2D eigenvalue weighted by atomic mass is 16.3. The number of benzene rings is 1. The second kappa shape index (κ2) is 2.14. The van der Waals surface area contributed by atoms with Gasteiger partial charge in [0.25, 0.3) is 0 Å². The zero-order valence-electron chi connectivity index (χ0n) is 7.33. The van der Waals surface area contributed by atoms with Crippen LogP contribution < -0.4 is 0 Å². The van der Waals surface area contributed by atoms with Crippen molar-refractivity contribution in [2.75, 3.05) is 0 Å². The summed E-state index contributed by atoms with van der Waals surface area (Å²) in [7, 11) is 0. The molecule has 0 fully saturated rings. The third-order valence-electron chi connectivity index (χ3n) is 3.35. The number of aliphatic hydroxyl groups is 2. The van der Waals surface area contributed by atoms with Crippen molar-refractivity contribution < 1.29 is 10.2 Å². The van der Waals surface area contributed by atoms with Crippen LogP contribution in [0.4, 0.5) is 0 Å². The first-order chi connectivity index (χ1) is 6.21. The average molecular weight is 176 g/mol. The van der Waals surface area contributed by atoms with Crippen LogP contribution in [0.25, 0.3) is 0 Å². The third kappa shape index (κ3) is 0.798. The van der Waals surface area contributed by atoms with E-state index in [1.807, 2.05) is 12.1 Å². The molecule has 2 nitrogen and oxygen atoms in total. The highest BCUT2D eigenvalue weighted by Gasteiger charge is 2.46. The van der Waals surface area contributed by atoms with E-state index in [-0.39, 0.29) is 0 Å². The lowest BCUT2D eigenvalue weighted by atomic mass is 9.99. The summed E-state index contributed by atoms with van der Waals surface area (Å²) in [5.74, 6) is 0. The van der Waals surface area contributed by atoms with Crippen LogP contribution in [0.5, 0.6) is 0 Å². The Kier molecular flexibility index (Phi) is 1.24. The lowest BCUT2D eigenvalue weighted by Crippen LogP contribution is -2.18. The quantitative estimate of drug-likeness (QED) is 0.624. The van der Waals surface area contributed by atoms with Gasteiger partial charge < -0.3 is 10.2 Å². The van der Waals surface area contributed by atoms with Crippen LogP contribution in [0.1, 0.15) is 35.6 Å². The number of aryl methyl sites for hydroxylation is 1. The van der Waals surface area contributed by atoms with Crippen LogP contribution in [0.2, 0.25) is 0 Å². The van der Waals surface area contributed by atoms with E-state index in [2.05, 4.69) is 6.07 Å². The van der Waals surface area contributed by atoms with Crippen molar-refractivity contribution in [3.05, 3.63) is 34.9 Å². The topological polar surface area (TPSA) is 40.5 Å².